The standard InChI is InChI=1S/C18H22N2O2S/c21-16(11-18(22)9-5-2-6-10-18)19-12-17-20-15(13-23-17)14-7-3-1-4-8-14/h1,3-4,7-8,13,22H,2,5-6,9-12H2,(H,19,21). The highest BCUT2D eigenvalue weighted by Crippen LogP contribution is 2.30. The van der Waals surface area contributed by atoms with E-state index in [2.05, 4.69) is 10.3 Å². The average Bonchev–Trinajstić information content (AvgIpc) is 3.03. The van der Waals surface area contributed by atoms with Gasteiger partial charge in [-0.3, -0.25) is 4.79 Å². The third-order valence-electron chi connectivity index (χ3n) is 4.33. The van der Waals surface area contributed by atoms with Gasteiger partial charge in [0, 0.05) is 10.9 Å². The van der Waals surface area contributed by atoms with Crippen LogP contribution < -0.4 is 5.32 Å². The summed E-state index contributed by atoms with van der Waals surface area (Å²) in [5, 5.41) is 16.2. The second kappa shape index (κ2) is 7.23. The molecule has 4 nitrogen and oxygen atoms in total. The first-order valence-corrected chi connectivity index (χ1v) is 9.02. The molecule has 1 aliphatic carbocycles. The van der Waals surface area contributed by atoms with Crippen molar-refractivity contribution in [1.29, 1.82) is 0 Å². The Morgan fingerprint density at radius 1 is 1.22 bits per heavy atom. The van der Waals surface area contributed by atoms with Crippen LogP contribution in [0.2, 0.25) is 0 Å². The number of hydrogen-bond donors (Lipinski definition) is 2. The number of benzene rings is 1. The number of aromatic nitrogens is 1. The Kier molecular flexibility index (Phi) is 5.08. The first kappa shape index (κ1) is 16.1. The average molecular weight is 330 g/mol. The van der Waals surface area contributed by atoms with E-state index in [4.69, 9.17) is 0 Å². The molecule has 2 N–H and O–H groups in total. The molecule has 1 amide bonds. The van der Waals surface area contributed by atoms with Gasteiger partial charge in [0.05, 0.1) is 24.3 Å². The number of nitrogens with one attached hydrogen (secondary N) is 1. The summed E-state index contributed by atoms with van der Waals surface area (Å²) in [7, 11) is 0. The number of aliphatic hydroxyl groups is 1. The Morgan fingerprint density at radius 2 is 1.96 bits per heavy atom. The number of rotatable bonds is 5. The number of thiazole rings is 1. The molecule has 122 valence electrons. The number of carbonyl (C=O) groups is 1. The minimum absolute atomic E-state index is 0.0918. The molecule has 0 unspecified atom stereocenters. The number of carbonyl (C=O) groups excluding carboxylic acids is 1. The first-order chi connectivity index (χ1) is 11.1. The number of amides is 1. The molecule has 0 saturated heterocycles. The van der Waals surface area contributed by atoms with E-state index in [-0.39, 0.29) is 12.3 Å². The summed E-state index contributed by atoms with van der Waals surface area (Å²) in [5.74, 6) is -0.0918. The summed E-state index contributed by atoms with van der Waals surface area (Å²) < 4.78 is 0. The van der Waals surface area contributed by atoms with Gasteiger partial charge in [-0.2, -0.15) is 0 Å². The fraction of sp³-hybridized carbons (Fsp3) is 0.444. The molecule has 0 bridgehead atoms. The molecule has 1 aromatic heterocycles. The fourth-order valence-corrected chi connectivity index (χ4v) is 3.80. The highest BCUT2D eigenvalue weighted by molar-refractivity contribution is 7.09. The zero-order valence-electron chi connectivity index (χ0n) is 13.1. The van der Waals surface area contributed by atoms with Crippen LogP contribution in [0.1, 0.15) is 43.5 Å². The maximum Gasteiger partial charge on any atom is 0.223 e. The van der Waals surface area contributed by atoms with Crippen LogP contribution >= 0.6 is 11.3 Å². The van der Waals surface area contributed by atoms with Crippen molar-refractivity contribution < 1.29 is 9.90 Å². The molecular formula is C18H22N2O2S. The highest BCUT2D eigenvalue weighted by atomic mass is 32.1. The lowest BCUT2D eigenvalue weighted by Gasteiger charge is -2.31. The van der Waals surface area contributed by atoms with Gasteiger partial charge < -0.3 is 10.4 Å². The third kappa shape index (κ3) is 4.39. The molecule has 2 aromatic rings. The van der Waals surface area contributed by atoms with Gasteiger partial charge in [0.1, 0.15) is 5.01 Å². The zero-order valence-corrected chi connectivity index (χ0v) is 13.9. The first-order valence-electron chi connectivity index (χ1n) is 8.14. The molecular weight excluding hydrogens is 308 g/mol. The van der Waals surface area contributed by atoms with Gasteiger partial charge in [0.25, 0.3) is 0 Å². The lowest BCUT2D eigenvalue weighted by Crippen LogP contribution is -2.38. The van der Waals surface area contributed by atoms with E-state index in [1.807, 2.05) is 35.7 Å². The van der Waals surface area contributed by atoms with Gasteiger partial charge in [-0.25, -0.2) is 4.98 Å². The van der Waals surface area contributed by atoms with Crippen molar-refractivity contribution in [2.45, 2.75) is 50.7 Å². The molecule has 1 heterocycles. The van der Waals surface area contributed by atoms with Gasteiger partial charge in [-0.1, -0.05) is 49.6 Å². The van der Waals surface area contributed by atoms with Crippen LogP contribution in [0.15, 0.2) is 35.7 Å². The summed E-state index contributed by atoms with van der Waals surface area (Å²) >= 11 is 1.54. The van der Waals surface area contributed by atoms with Gasteiger partial charge >= 0.3 is 0 Å². The fourth-order valence-electron chi connectivity index (χ4n) is 3.06. The van der Waals surface area contributed by atoms with Gasteiger partial charge in [-0.05, 0) is 12.8 Å². The smallest absolute Gasteiger partial charge is 0.223 e. The highest BCUT2D eigenvalue weighted by Gasteiger charge is 2.31. The molecule has 0 radical (unpaired) electrons. The maximum absolute atomic E-state index is 12.1. The van der Waals surface area contributed by atoms with Crippen molar-refractivity contribution in [2.24, 2.45) is 0 Å². The second-order valence-electron chi connectivity index (χ2n) is 6.23. The Labute approximate surface area is 140 Å². The van der Waals surface area contributed by atoms with Crippen LogP contribution in [0, 0.1) is 0 Å². The van der Waals surface area contributed by atoms with Gasteiger partial charge in [0.15, 0.2) is 0 Å². The monoisotopic (exact) mass is 330 g/mol. The van der Waals surface area contributed by atoms with Crippen LogP contribution in [0.4, 0.5) is 0 Å². The largest absolute Gasteiger partial charge is 0.389 e. The molecule has 1 aliphatic rings. The van der Waals surface area contributed by atoms with Crippen LogP contribution in [0.5, 0.6) is 0 Å². The summed E-state index contributed by atoms with van der Waals surface area (Å²) in [6.07, 6.45) is 4.84. The van der Waals surface area contributed by atoms with E-state index < -0.39 is 5.60 Å². The summed E-state index contributed by atoms with van der Waals surface area (Å²) in [6.45, 7) is 0.423. The maximum atomic E-state index is 12.1. The third-order valence-corrected chi connectivity index (χ3v) is 5.18. The van der Waals surface area contributed by atoms with Crippen molar-refractivity contribution in [3.8, 4) is 11.3 Å². The van der Waals surface area contributed by atoms with E-state index >= 15 is 0 Å². The van der Waals surface area contributed by atoms with Gasteiger partial charge in [0.2, 0.25) is 5.91 Å². The zero-order chi connectivity index (χ0) is 16.1. The molecule has 0 spiro atoms. The molecule has 23 heavy (non-hydrogen) atoms. The Balaban J connectivity index is 1.52. The molecule has 1 saturated carbocycles. The number of nitrogens with zero attached hydrogens (tertiary/aromatic N) is 1. The molecule has 1 fully saturated rings. The predicted octanol–water partition coefficient (Wildman–Crippen LogP) is 3.51. The minimum Gasteiger partial charge on any atom is -0.389 e. The molecule has 0 aliphatic heterocycles. The van der Waals surface area contributed by atoms with E-state index in [1.165, 1.54) is 0 Å². The number of hydrogen-bond acceptors (Lipinski definition) is 4. The Bertz CT molecular complexity index is 648. The lowest BCUT2D eigenvalue weighted by atomic mass is 9.82. The topological polar surface area (TPSA) is 62.2 Å². The summed E-state index contributed by atoms with van der Waals surface area (Å²) in [4.78, 5) is 16.6. The molecule has 5 heteroatoms. The predicted molar refractivity (Wildman–Crippen MR) is 92.0 cm³/mol. The van der Waals surface area contributed by atoms with Crippen molar-refractivity contribution >= 4 is 17.2 Å². The van der Waals surface area contributed by atoms with Crippen LogP contribution in [-0.4, -0.2) is 21.6 Å². The molecule has 0 atom stereocenters. The summed E-state index contributed by atoms with van der Waals surface area (Å²) in [6, 6.07) is 10.0. The van der Waals surface area contributed by atoms with E-state index in [0.29, 0.717) is 6.54 Å². The van der Waals surface area contributed by atoms with Crippen molar-refractivity contribution in [1.82, 2.24) is 10.3 Å². The normalized spacial score (nSPS) is 16.9. The molecule has 3 rings (SSSR count). The van der Waals surface area contributed by atoms with Crippen molar-refractivity contribution in [2.75, 3.05) is 0 Å². The molecule has 1 aromatic carbocycles. The van der Waals surface area contributed by atoms with Crippen LogP contribution in [-0.2, 0) is 11.3 Å². The lowest BCUT2D eigenvalue weighted by molar-refractivity contribution is -0.127. The van der Waals surface area contributed by atoms with Crippen molar-refractivity contribution in [3.63, 3.8) is 0 Å². The SMILES string of the molecule is O=C(CC1(O)CCCCC1)NCc1nc(-c2ccccc2)cs1. The Hall–Kier alpha value is -1.72. The minimum atomic E-state index is -0.805. The van der Waals surface area contributed by atoms with Crippen molar-refractivity contribution in [3.05, 3.63) is 40.7 Å². The van der Waals surface area contributed by atoms with Crippen LogP contribution in [0.3, 0.4) is 0 Å². The van der Waals surface area contributed by atoms with Crippen LogP contribution in [0.25, 0.3) is 11.3 Å². The van der Waals surface area contributed by atoms with E-state index in [1.54, 1.807) is 11.3 Å². The quantitative estimate of drug-likeness (QED) is 0.882. The van der Waals surface area contributed by atoms with E-state index in [9.17, 15) is 9.90 Å². The second-order valence-corrected chi connectivity index (χ2v) is 7.17. The van der Waals surface area contributed by atoms with E-state index in [0.717, 1.165) is 48.4 Å². The summed E-state index contributed by atoms with van der Waals surface area (Å²) in [5.41, 5.74) is 1.21. The Morgan fingerprint density at radius 3 is 2.70 bits per heavy atom. The van der Waals surface area contributed by atoms with Gasteiger partial charge in [-0.15, -0.1) is 11.3 Å².